The number of aryl methyl sites for hydroxylation is 1. The summed E-state index contributed by atoms with van der Waals surface area (Å²) in [7, 11) is -1.05. The molecular weight excluding hydrogens is 438 g/mol. The Hall–Kier alpha value is -3.40. The predicted molar refractivity (Wildman–Crippen MR) is 113 cm³/mol. The maximum Gasteiger partial charge on any atom is 0.330 e. The SMILES string of the molecule is COC(=O)CC1N(S(=O)(=O)c2ccc(C)cc2)c2ccccc2C1(C(=O)OC)C(=O)OC. The van der Waals surface area contributed by atoms with Crippen LogP contribution in [0, 0.1) is 6.92 Å². The highest BCUT2D eigenvalue weighted by Gasteiger charge is 2.66. The molecule has 2 aromatic rings. The molecule has 170 valence electrons. The first-order valence-corrected chi connectivity index (χ1v) is 11.0. The molecule has 2 aromatic carbocycles. The first-order chi connectivity index (χ1) is 15.2. The standard InChI is InChI=1S/C22H23NO8S/c1-14-9-11-15(12-10-14)32(27,28)23-17-8-6-5-7-16(17)22(20(25)30-3,21(26)31-4)18(23)13-19(24)29-2/h5-12,18H,13H2,1-4H3. The van der Waals surface area contributed by atoms with Gasteiger partial charge in [0.1, 0.15) is 0 Å². The Bertz CT molecular complexity index is 1140. The summed E-state index contributed by atoms with van der Waals surface area (Å²) in [6.07, 6.45) is -0.597. The summed E-state index contributed by atoms with van der Waals surface area (Å²) in [4.78, 5) is 38.5. The molecule has 0 spiro atoms. The van der Waals surface area contributed by atoms with Gasteiger partial charge in [-0.25, -0.2) is 8.42 Å². The van der Waals surface area contributed by atoms with Crippen LogP contribution in [0.4, 0.5) is 5.69 Å². The third-order valence-electron chi connectivity index (χ3n) is 5.53. The Morgan fingerprint density at radius 3 is 2.00 bits per heavy atom. The fourth-order valence-electron chi connectivity index (χ4n) is 4.02. The maximum absolute atomic E-state index is 13.8. The van der Waals surface area contributed by atoms with Crippen molar-refractivity contribution in [1.82, 2.24) is 0 Å². The van der Waals surface area contributed by atoms with Crippen LogP contribution in [0.5, 0.6) is 0 Å². The van der Waals surface area contributed by atoms with Gasteiger partial charge in [0.15, 0.2) is 0 Å². The summed E-state index contributed by atoms with van der Waals surface area (Å²) in [6.45, 7) is 1.81. The first-order valence-electron chi connectivity index (χ1n) is 9.60. The van der Waals surface area contributed by atoms with Crippen molar-refractivity contribution >= 4 is 33.6 Å². The summed E-state index contributed by atoms with van der Waals surface area (Å²) < 4.78 is 43.1. The van der Waals surface area contributed by atoms with Crippen molar-refractivity contribution in [3.63, 3.8) is 0 Å². The number of ether oxygens (including phenoxy) is 3. The van der Waals surface area contributed by atoms with Gasteiger partial charge in [-0.15, -0.1) is 0 Å². The molecule has 0 saturated carbocycles. The molecule has 0 bridgehead atoms. The van der Waals surface area contributed by atoms with Crippen LogP contribution in [0.2, 0.25) is 0 Å². The lowest BCUT2D eigenvalue weighted by atomic mass is 9.75. The third-order valence-corrected chi connectivity index (χ3v) is 7.37. The minimum Gasteiger partial charge on any atom is -0.469 e. The zero-order valence-corrected chi connectivity index (χ0v) is 18.8. The van der Waals surface area contributed by atoms with Crippen molar-refractivity contribution in [2.45, 2.75) is 29.7 Å². The van der Waals surface area contributed by atoms with Gasteiger partial charge >= 0.3 is 17.9 Å². The van der Waals surface area contributed by atoms with Gasteiger partial charge in [0.05, 0.1) is 44.4 Å². The van der Waals surface area contributed by atoms with E-state index in [4.69, 9.17) is 14.2 Å². The number of esters is 3. The number of carbonyl (C=O) groups excluding carboxylic acids is 3. The second-order valence-corrected chi connectivity index (χ2v) is 9.03. The number of sulfonamides is 1. The molecule has 9 nitrogen and oxygen atoms in total. The monoisotopic (exact) mass is 461 g/mol. The van der Waals surface area contributed by atoms with E-state index in [0.717, 1.165) is 31.2 Å². The molecule has 32 heavy (non-hydrogen) atoms. The van der Waals surface area contributed by atoms with Crippen LogP contribution in [-0.4, -0.2) is 53.7 Å². The third kappa shape index (κ3) is 3.40. The van der Waals surface area contributed by atoms with E-state index in [1.54, 1.807) is 31.2 Å². The van der Waals surface area contributed by atoms with Crippen molar-refractivity contribution < 1.29 is 37.0 Å². The molecule has 1 atom stereocenters. The highest BCUT2D eigenvalue weighted by molar-refractivity contribution is 7.93. The van der Waals surface area contributed by atoms with Crippen molar-refractivity contribution in [1.29, 1.82) is 0 Å². The highest BCUT2D eigenvalue weighted by atomic mass is 32.2. The molecule has 1 unspecified atom stereocenters. The zero-order valence-electron chi connectivity index (χ0n) is 18.0. The zero-order chi connectivity index (χ0) is 23.7. The number of nitrogens with zero attached hydrogens (tertiary/aromatic N) is 1. The molecule has 0 aliphatic carbocycles. The largest absolute Gasteiger partial charge is 0.469 e. The highest BCUT2D eigenvalue weighted by Crippen LogP contribution is 2.50. The summed E-state index contributed by atoms with van der Waals surface area (Å²) in [6, 6.07) is 10.6. The van der Waals surface area contributed by atoms with Crippen LogP contribution < -0.4 is 4.31 Å². The molecule has 0 fully saturated rings. The van der Waals surface area contributed by atoms with E-state index in [2.05, 4.69) is 0 Å². The average Bonchev–Trinajstić information content (AvgIpc) is 3.09. The molecular formula is C22H23NO8S. The Balaban J connectivity index is 2.38. The van der Waals surface area contributed by atoms with Crippen LogP contribution in [0.25, 0.3) is 0 Å². The van der Waals surface area contributed by atoms with Gasteiger partial charge in [-0.1, -0.05) is 35.9 Å². The first kappa shape index (κ1) is 23.3. The average molecular weight is 461 g/mol. The number of hydrogen-bond acceptors (Lipinski definition) is 8. The van der Waals surface area contributed by atoms with Crippen LogP contribution >= 0.6 is 0 Å². The minimum atomic E-state index is -4.32. The van der Waals surface area contributed by atoms with Gasteiger partial charge in [0.2, 0.25) is 5.41 Å². The molecule has 3 rings (SSSR count). The Kier molecular flexibility index (Phi) is 6.27. The van der Waals surface area contributed by atoms with E-state index >= 15 is 0 Å². The Labute approximate surface area is 185 Å². The summed E-state index contributed by atoms with van der Waals surface area (Å²) in [5.74, 6) is -2.91. The number of hydrogen-bond donors (Lipinski definition) is 0. The maximum atomic E-state index is 13.8. The fraction of sp³-hybridized carbons (Fsp3) is 0.318. The van der Waals surface area contributed by atoms with Gasteiger partial charge in [-0.3, -0.25) is 18.7 Å². The lowest BCUT2D eigenvalue weighted by molar-refractivity contribution is -0.163. The molecule has 0 saturated heterocycles. The van der Waals surface area contributed by atoms with Crippen molar-refractivity contribution in [2.24, 2.45) is 0 Å². The Morgan fingerprint density at radius 2 is 1.47 bits per heavy atom. The second-order valence-electron chi connectivity index (χ2n) is 7.22. The molecule has 1 heterocycles. The fourth-order valence-corrected chi connectivity index (χ4v) is 5.71. The van der Waals surface area contributed by atoms with E-state index in [1.807, 2.05) is 0 Å². The summed E-state index contributed by atoms with van der Waals surface area (Å²) >= 11 is 0. The quantitative estimate of drug-likeness (QED) is 0.363. The van der Waals surface area contributed by atoms with Gasteiger partial charge < -0.3 is 14.2 Å². The van der Waals surface area contributed by atoms with E-state index in [-0.39, 0.29) is 16.1 Å². The lowest BCUT2D eigenvalue weighted by Gasteiger charge is -2.34. The van der Waals surface area contributed by atoms with Gasteiger partial charge in [-0.05, 0) is 25.1 Å². The van der Waals surface area contributed by atoms with Gasteiger partial charge in [0.25, 0.3) is 10.0 Å². The van der Waals surface area contributed by atoms with Gasteiger partial charge in [0, 0.05) is 5.56 Å². The summed E-state index contributed by atoms with van der Waals surface area (Å²) in [5.41, 5.74) is -1.26. The summed E-state index contributed by atoms with van der Waals surface area (Å²) in [5, 5.41) is 0. The molecule has 1 aliphatic rings. The number of rotatable bonds is 6. The Morgan fingerprint density at radius 1 is 0.906 bits per heavy atom. The van der Waals surface area contributed by atoms with E-state index in [1.165, 1.54) is 24.3 Å². The van der Waals surface area contributed by atoms with Crippen LogP contribution in [-0.2, 0) is 44.0 Å². The molecule has 1 aliphatic heterocycles. The van der Waals surface area contributed by atoms with Crippen molar-refractivity contribution in [3.8, 4) is 0 Å². The predicted octanol–water partition coefficient (Wildman–Crippen LogP) is 1.72. The second kappa shape index (κ2) is 8.62. The number of carbonyl (C=O) groups is 3. The topological polar surface area (TPSA) is 116 Å². The number of fused-ring (bicyclic) bond motifs is 1. The van der Waals surface area contributed by atoms with Crippen molar-refractivity contribution in [3.05, 3.63) is 59.7 Å². The normalized spacial score (nSPS) is 16.8. The number of benzene rings is 2. The number of anilines is 1. The molecule has 0 N–H and O–H groups in total. The molecule has 0 aromatic heterocycles. The lowest BCUT2D eigenvalue weighted by Crippen LogP contribution is -2.57. The molecule has 10 heteroatoms. The number of methoxy groups -OCH3 is 3. The van der Waals surface area contributed by atoms with Crippen LogP contribution in [0.1, 0.15) is 17.5 Å². The van der Waals surface area contributed by atoms with Gasteiger partial charge in [-0.2, -0.15) is 0 Å². The van der Waals surface area contributed by atoms with E-state index in [9.17, 15) is 22.8 Å². The smallest absolute Gasteiger partial charge is 0.330 e. The van der Waals surface area contributed by atoms with Crippen LogP contribution in [0.3, 0.4) is 0 Å². The van der Waals surface area contributed by atoms with Crippen LogP contribution in [0.15, 0.2) is 53.4 Å². The van der Waals surface area contributed by atoms with E-state index in [0.29, 0.717) is 0 Å². The minimum absolute atomic E-state index is 0.0586. The molecule has 0 amide bonds. The number of para-hydroxylation sites is 1. The molecule has 0 radical (unpaired) electrons. The van der Waals surface area contributed by atoms with Crippen molar-refractivity contribution in [2.75, 3.05) is 25.6 Å². The van der Waals surface area contributed by atoms with E-state index < -0.39 is 45.8 Å².